The van der Waals surface area contributed by atoms with Crippen molar-refractivity contribution in [3.63, 3.8) is 0 Å². The molecule has 13 heteroatoms. The lowest BCUT2D eigenvalue weighted by atomic mass is 9.93. The lowest BCUT2D eigenvalue weighted by Gasteiger charge is -2.41. The first kappa shape index (κ1) is 28.8. The molecule has 2 bridgehead atoms. The molecule has 0 saturated carbocycles. The molecule has 2 unspecified atom stereocenters. The summed E-state index contributed by atoms with van der Waals surface area (Å²) < 4.78 is 44.8. The third-order valence-corrected chi connectivity index (χ3v) is 11.1. The van der Waals surface area contributed by atoms with E-state index in [-0.39, 0.29) is 80.9 Å². The van der Waals surface area contributed by atoms with E-state index in [1.807, 2.05) is 6.92 Å². The summed E-state index contributed by atoms with van der Waals surface area (Å²) in [5.74, 6) is -0.564. The van der Waals surface area contributed by atoms with E-state index in [9.17, 15) is 9.65 Å². The topological polar surface area (TPSA) is 117 Å². The maximum atomic E-state index is 17.3. The van der Waals surface area contributed by atoms with Gasteiger partial charge in [-0.3, -0.25) is 9.88 Å². The van der Waals surface area contributed by atoms with E-state index >= 15 is 4.39 Å². The highest BCUT2D eigenvalue weighted by Crippen LogP contribution is 2.48. The molecule has 4 aromatic rings. The van der Waals surface area contributed by atoms with Gasteiger partial charge in [0.2, 0.25) is 0 Å². The van der Waals surface area contributed by atoms with Crippen LogP contribution in [0.5, 0.6) is 6.01 Å². The fourth-order valence-electron chi connectivity index (χ4n) is 8.10. The van der Waals surface area contributed by atoms with Gasteiger partial charge in [-0.2, -0.15) is 15.2 Å². The number of likely N-dealkylation sites (N-methyl/N-ethyl adjacent to an activating group) is 2. The lowest BCUT2D eigenvalue weighted by molar-refractivity contribution is 0.112. The molecule has 0 spiro atoms. The van der Waals surface area contributed by atoms with Gasteiger partial charge in [0.05, 0.1) is 40.8 Å². The van der Waals surface area contributed by atoms with Gasteiger partial charge in [-0.15, -0.1) is 11.3 Å². The summed E-state index contributed by atoms with van der Waals surface area (Å²) in [5.41, 5.74) is 8.01. The van der Waals surface area contributed by atoms with Crippen LogP contribution < -0.4 is 15.4 Å². The molecule has 3 aromatic heterocycles. The second-order valence-electron chi connectivity index (χ2n) is 12.8. The number of piperazine rings is 1. The van der Waals surface area contributed by atoms with E-state index in [0.29, 0.717) is 16.8 Å². The van der Waals surface area contributed by atoms with Crippen LogP contribution in [0.3, 0.4) is 0 Å². The maximum absolute atomic E-state index is 17.3. The molecule has 234 valence electrons. The molecule has 45 heavy (non-hydrogen) atoms. The third-order valence-electron chi connectivity index (χ3n) is 10.1. The number of benzene rings is 1. The van der Waals surface area contributed by atoms with E-state index < -0.39 is 11.6 Å². The summed E-state index contributed by atoms with van der Waals surface area (Å²) in [7, 11) is 4.22. The predicted molar refractivity (Wildman–Crippen MR) is 168 cm³/mol. The summed E-state index contributed by atoms with van der Waals surface area (Å²) in [4.78, 5) is 21.1. The number of aromatic nitrogens is 3. The second kappa shape index (κ2) is 10.7. The average molecular weight is 633 g/mol. The lowest BCUT2D eigenvalue weighted by Crippen LogP contribution is -2.53. The summed E-state index contributed by atoms with van der Waals surface area (Å²) in [6.07, 6.45) is 4.98. The van der Waals surface area contributed by atoms with Crippen LogP contribution >= 0.6 is 11.3 Å². The van der Waals surface area contributed by atoms with Crippen molar-refractivity contribution >= 4 is 43.1 Å². The minimum absolute atomic E-state index is 0.0834. The zero-order valence-electron chi connectivity index (χ0n) is 25.4. The van der Waals surface area contributed by atoms with Crippen molar-refractivity contribution in [2.24, 2.45) is 0 Å². The zero-order valence-corrected chi connectivity index (χ0v) is 26.3. The predicted octanol–water partition coefficient (Wildman–Crippen LogP) is 4.81. The van der Waals surface area contributed by atoms with E-state index in [1.54, 1.807) is 0 Å². The van der Waals surface area contributed by atoms with Gasteiger partial charge in [0.15, 0.2) is 11.6 Å². The zero-order chi connectivity index (χ0) is 31.1. The monoisotopic (exact) mass is 632 g/mol. The summed E-state index contributed by atoms with van der Waals surface area (Å²) in [6, 6.07) is 2.86. The summed E-state index contributed by atoms with van der Waals surface area (Å²) >= 11 is 0.958. The highest BCUT2D eigenvalue weighted by atomic mass is 32.1. The second-order valence-corrected chi connectivity index (χ2v) is 13.9. The van der Waals surface area contributed by atoms with Crippen LogP contribution in [0.15, 0.2) is 6.20 Å². The fourth-order valence-corrected chi connectivity index (χ4v) is 9.02. The van der Waals surface area contributed by atoms with Crippen molar-refractivity contribution in [3.05, 3.63) is 34.5 Å². The first-order valence-electron chi connectivity index (χ1n) is 15.5. The van der Waals surface area contributed by atoms with Crippen molar-refractivity contribution < 1.29 is 18.3 Å². The van der Waals surface area contributed by atoms with Crippen molar-refractivity contribution in [1.29, 1.82) is 5.26 Å². The molecule has 7 heterocycles. The Morgan fingerprint density at radius 2 is 1.87 bits per heavy atom. The molecule has 2 N–H and O–H groups in total. The van der Waals surface area contributed by atoms with Crippen LogP contribution in [-0.2, 0) is 18.0 Å². The molecule has 3 fully saturated rings. The van der Waals surface area contributed by atoms with Crippen molar-refractivity contribution in [1.82, 2.24) is 24.8 Å². The number of anilines is 2. The molecular formula is C32H34F2N8O2S. The Balaban J connectivity index is 1.39. The van der Waals surface area contributed by atoms with Crippen LogP contribution in [-0.4, -0.2) is 82.7 Å². The molecule has 0 aliphatic carbocycles. The van der Waals surface area contributed by atoms with Gasteiger partial charge in [0.25, 0.3) is 0 Å². The van der Waals surface area contributed by atoms with E-state index in [1.165, 1.54) is 0 Å². The Labute approximate surface area is 263 Å². The summed E-state index contributed by atoms with van der Waals surface area (Å²) in [6.45, 7) is 5.15. The number of nitrogens with zero attached hydrogens (tertiary/aromatic N) is 7. The molecule has 4 aliphatic heterocycles. The Morgan fingerprint density at radius 3 is 2.58 bits per heavy atom. The number of fused-ring (bicyclic) bond motifs is 6. The minimum atomic E-state index is -0.621. The SMILES string of the molecule is C[C@@H](Oc1nc(N2C3CCC2CN(C)C3)c2c3c(c(-c4ncc(F)c5sc(N)c(C#N)c45)c(F)c2n1)COC3)[C@@H]1CCCN1C. The molecule has 10 nitrogen and oxygen atoms in total. The largest absolute Gasteiger partial charge is 0.459 e. The molecular weight excluding hydrogens is 598 g/mol. The average Bonchev–Trinajstić information content (AvgIpc) is 3.79. The van der Waals surface area contributed by atoms with Crippen LogP contribution in [0.4, 0.5) is 19.6 Å². The van der Waals surface area contributed by atoms with Crippen molar-refractivity contribution in [3.8, 4) is 23.3 Å². The molecule has 3 saturated heterocycles. The number of ether oxygens (including phenoxy) is 2. The first-order valence-corrected chi connectivity index (χ1v) is 16.3. The third kappa shape index (κ3) is 4.37. The smallest absolute Gasteiger partial charge is 0.319 e. The van der Waals surface area contributed by atoms with Gasteiger partial charge in [-0.1, -0.05) is 0 Å². The Hall–Kier alpha value is -3.70. The Kier molecular flexibility index (Phi) is 6.83. The molecule has 0 radical (unpaired) electrons. The van der Waals surface area contributed by atoms with Gasteiger partial charge in [0, 0.05) is 42.2 Å². The van der Waals surface area contributed by atoms with Crippen molar-refractivity contribution in [2.75, 3.05) is 44.4 Å². The van der Waals surface area contributed by atoms with Crippen LogP contribution in [0, 0.1) is 23.0 Å². The van der Waals surface area contributed by atoms with Gasteiger partial charge in [0.1, 0.15) is 28.5 Å². The number of likely N-dealkylation sites (tertiary alicyclic amines) is 2. The highest BCUT2D eigenvalue weighted by molar-refractivity contribution is 7.23. The standard InChI is InChI=1S/C32H34F2N8O2S/c1-15(22-5-4-8-41(22)3)44-32-38-28-25(31(39-32)42-16-6-7-17(42)12-40(2)11-16)20-14-43-13-19(20)23(26(28)34)27-24-18(9-35)30(36)45-29(24)21(33)10-37-27/h10,15-17,22H,4-8,11-14,36H2,1-3H3/t15-,16?,17?,22+/m1/s1. The number of hydrogen-bond donors (Lipinski definition) is 1. The number of pyridine rings is 1. The molecule has 8 rings (SSSR count). The van der Waals surface area contributed by atoms with Crippen LogP contribution in [0.1, 0.15) is 49.3 Å². The van der Waals surface area contributed by atoms with E-state index in [2.05, 4.69) is 39.8 Å². The number of halogens is 2. The number of rotatable bonds is 5. The molecule has 0 amide bonds. The Bertz CT molecular complexity index is 1900. The highest BCUT2D eigenvalue weighted by Gasteiger charge is 2.42. The number of nitriles is 1. The fraction of sp³-hybridized carbons (Fsp3) is 0.500. The van der Waals surface area contributed by atoms with Crippen LogP contribution in [0.25, 0.3) is 32.2 Å². The maximum Gasteiger partial charge on any atom is 0.319 e. The molecule has 1 aromatic carbocycles. The Morgan fingerprint density at radius 1 is 1.11 bits per heavy atom. The first-order chi connectivity index (χ1) is 21.7. The van der Waals surface area contributed by atoms with E-state index in [4.69, 9.17) is 25.2 Å². The number of thiophene rings is 1. The normalized spacial score (nSPS) is 24.1. The molecule has 4 aliphatic rings. The van der Waals surface area contributed by atoms with Crippen molar-refractivity contribution in [2.45, 2.75) is 70.1 Å². The number of hydrogen-bond acceptors (Lipinski definition) is 11. The van der Waals surface area contributed by atoms with Gasteiger partial charge in [-0.05, 0) is 64.4 Å². The number of nitrogen functional groups attached to an aromatic ring is 1. The van der Waals surface area contributed by atoms with Crippen LogP contribution in [0.2, 0.25) is 0 Å². The summed E-state index contributed by atoms with van der Waals surface area (Å²) in [5, 5.41) is 10.9. The van der Waals surface area contributed by atoms with Gasteiger partial charge in [-0.25, -0.2) is 8.78 Å². The molecule has 4 atom stereocenters. The van der Waals surface area contributed by atoms with Gasteiger partial charge >= 0.3 is 6.01 Å². The van der Waals surface area contributed by atoms with Gasteiger partial charge < -0.3 is 25.0 Å². The minimum Gasteiger partial charge on any atom is -0.459 e. The quantitative estimate of drug-likeness (QED) is 0.329. The number of nitrogens with two attached hydrogens (primary N) is 1. The van der Waals surface area contributed by atoms with E-state index in [0.717, 1.165) is 68.4 Å².